The van der Waals surface area contributed by atoms with Gasteiger partial charge in [-0.05, 0) is 42.5 Å². The normalized spacial score (nSPS) is 10.1. The van der Waals surface area contributed by atoms with E-state index in [1.165, 1.54) is 37.3 Å². The number of ether oxygens (including phenoxy) is 1. The zero-order valence-electron chi connectivity index (χ0n) is 12.0. The molecule has 114 valence electrons. The van der Waals surface area contributed by atoms with E-state index in [0.29, 0.717) is 16.3 Å². The van der Waals surface area contributed by atoms with Crippen molar-refractivity contribution in [2.45, 2.75) is 0 Å². The summed E-state index contributed by atoms with van der Waals surface area (Å²) >= 11 is 5.91. The highest BCUT2D eigenvalue weighted by Gasteiger charge is 2.20. The summed E-state index contributed by atoms with van der Waals surface area (Å²) in [7, 11) is 3.04. The molecule has 0 spiro atoms. The van der Waals surface area contributed by atoms with Crippen molar-refractivity contribution in [3.8, 4) is 5.75 Å². The second kappa shape index (κ2) is 6.49. The molecular weight excluding hydrogens is 306 g/mol. The second-order valence-corrected chi connectivity index (χ2v) is 5.00. The van der Waals surface area contributed by atoms with Gasteiger partial charge in [0.25, 0.3) is 5.91 Å². The summed E-state index contributed by atoms with van der Waals surface area (Å²) in [6.07, 6.45) is 0. The van der Waals surface area contributed by atoms with Crippen LogP contribution in [0.2, 0.25) is 5.02 Å². The van der Waals surface area contributed by atoms with Gasteiger partial charge in [0.1, 0.15) is 5.75 Å². The summed E-state index contributed by atoms with van der Waals surface area (Å²) in [6.45, 7) is 0. The standard InChI is InChI=1S/C16H14ClNO4/c1-18(14-9-11(17)5-8-13(14)16(20)21)15(19)10-3-6-12(22-2)7-4-10/h3-9H,1-2H3,(H,20,21). The van der Waals surface area contributed by atoms with Crippen molar-refractivity contribution in [2.75, 3.05) is 19.1 Å². The Morgan fingerprint density at radius 2 is 1.77 bits per heavy atom. The number of benzene rings is 2. The molecule has 0 saturated heterocycles. The van der Waals surface area contributed by atoms with Gasteiger partial charge in [-0.2, -0.15) is 0 Å². The highest BCUT2D eigenvalue weighted by atomic mass is 35.5. The van der Waals surface area contributed by atoms with E-state index in [1.54, 1.807) is 24.3 Å². The first kappa shape index (κ1) is 15.9. The molecule has 1 amide bonds. The van der Waals surface area contributed by atoms with Gasteiger partial charge < -0.3 is 14.7 Å². The van der Waals surface area contributed by atoms with E-state index in [1.807, 2.05) is 0 Å². The van der Waals surface area contributed by atoms with Gasteiger partial charge in [-0.3, -0.25) is 4.79 Å². The van der Waals surface area contributed by atoms with Gasteiger partial charge in [0.15, 0.2) is 0 Å². The molecule has 22 heavy (non-hydrogen) atoms. The molecule has 0 radical (unpaired) electrons. The van der Waals surface area contributed by atoms with Gasteiger partial charge in [-0.1, -0.05) is 11.6 Å². The minimum absolute atomic E-state index is 0.00811. The maximum atomic E-state index is 12.5. The molecule has 0 saturated carbocycles. The maximum absolute atomic E-state index is 12.5. The lowest BCUT2D eigenvalue weighted by molar-refractivity contribution is 0.0697. The summed E-state index contributed by atoms with van der Waals surface area (Å²) in [5.41, 5.74) is 0.661. The highest BCUT2D eigenvalue weighted by Crippen LogP contribution is 2.26. The number of methoxy groups -OCH3 is 1. The number of nitrogens with zero attached hydrogens (tertiary/aromatic N) is 1. The average molecular weight is 320 g/mol. The van der Waals surface area contributed by atoms with E-state index in [9.17, 15) is 14.7 Å². The van der Waals surface area contributed by atoms with Crippen molar-refractivity contribution in [1.29, 1.82) is 0 Å². The summed E-state index contributed by atoms with van der Waals surface area (Å²) in [5.74, 6) is -0.832. The molecule has 0 aliphatic heterocycles. The van der Waals surface area contributed by atoms with Crippen LogP contribution in [0, 0.1) is 0 Å². The number of rotatable bonds is 4. The monoisotopic (exact) mass is 319 g/mol. The molecule has 2 rings (SSSR count). The molecule has 6 heteroatoms. The van der Waals surface area contributed by atoms with E-state index in [2.05, 4.69) is 0 Å². The third kappa shape index (κ3) is 3.20. The Hall–Kier alpha value is -2.53. The number of hydrogen-bond donors (Lipinski definition) is 1. The van der Waals surface area contributed by atoms with E-state index >= 15 is 0 Å². The summed E-state index contributed by atoms with van der Waals surface area (Å²) in [4.78, 5) is 25.0. The number of carbonyl (C=O) groups excluding carboxylic acids is 1. The number of carboxylic acids is 1. The van der Waals surface area contributed by atoms with Crippen molar-refractivity contribution >= 4 is 29.2 Å². The van der Waals surface area contributed by atoms with E-state index in [4.69, 9.17) is 16.3 Å². The largest absolute Gasteiger partial charge is 0.497 e. The molecule has 5 nitrogen and oxygen atoms in total. The van der Waals surface area contributed by atoms with Crippen LogP contribution in [-0.4, -0.2) is 31.1 Å². The Labute approximate surface area is 132 Å². The Balaban J connectivity index is 2.37. The molecular formula is C16H14ClNO4. The van der Waals surface area contributed by atoms with Crippen LogP contribution in [0.25, 0.3) is 0 Å². The zero-order valence-corrected chi connectivity index (χ0v) is 12.8. The van der Waals surface area contributed by atoms with Gasteiger partial charge >= 0.3 is 5.97 Å². The summed E-state index contributed by atoms with van der Waals surface area (Å²) in [6, 6.07) is 10.9. The first-order valence-electron chi connectivity index (χ1n) is 6.39. The Kier molecular flexibility index (Phi) is 4.68. The van der Waals surface area contributed by atoms with Gasteiger partial charge in [-0.15, -0.1) is 0 Å². The predicted molar refractivity (Wildman–Crippen MR) is 84.1 cm³/mol. The van der Waals surface area contributed by atoms with E-state index in [-0.39, 0.29) is 17.2 Å². The van der Waals surface area contributed by atoms with Crippen LogP contribution in [0.3, 0.4) is 0 Å². The van der Waals surface area contributed by atoms with Crippen molar-refractivity contribution < 1.29 is 19.4 Å². The lowest BCUT2D eigenvalue weighted by atomic mass is 10.1. The fraction of sp³-hybridized carbons (Fsp3) is 0.125. The number of anilines is 1. The molecule has 0 atom stereocenters. The lowest BCUT2D eigenvalue weighted by Crippen LogP contribution is -2.27. The van der Waals surface area contributed by atoms with Gasteiger partial charge in [0.2, 0.25) is 0 Å². The van der Waals surface area contributed by atoms with Crippen LogP contribution in [-0.2, 0) is 0 Å². The van der Waals surface area contributed by atoms with Crippen LogP contribution in [0.1, 0.15) is 20.7 Å². The third-order valence-electron chi connectivity index (χ3n) is 3.19. The molecule has 0 bridgehead atoms. The molecule has 2 aromatic carbocycles. The topological polar surface area (TPSA) is 66.8 Å². The highest BCUT2D eigenvalue weighted by molar-refractivity contribution is 6.31. The molecule has 0 aliphatic carbocycles. The molecule has 0 heterocycles. The fourth-order valence-corrected chi connectivity index (χ4v) is 2.17. The Morgan fingerprint density at radius 3 is 2.32 bits per heavy atom. The smallest absolute Gasteiger partial charge is 0.337 e. The number of hydrogen-bond acceptors (Lipinski definition) is 3. The number of amides is 1. The zero-order chi connectivity index (χ0) is 16.3. The molecule has 0 aromatic heterocycles. The van der Waals surface area contributed by atoms with Gasteiger partial charge in [0, 0.05) is 17.6 Å². The number of aromatic carboxylic acids is 1. The van der Waals surface area contributed by atoms with Crippen LogP contribution in [0.5, 0.6) is 5.75 Å². The SMILES string of the molecule is COc1ccc(C(=O)N(C)c2cc(Cl)ccc2C(=O)O)cc1. The predicted octanol–water partition coefficient (Wildman–Crippen LogP) is 3.32. The number of halogens is 1. The molecule has 0 unspecified atom stereocenters. The van der Waals surface area contributed by atoms with Gasteiger partial charge in [0.05, 0.1) is 18.4 Å². The Morgan fingerprint density at radius 1 is 1.14 bits per heavy atom. The molecule has 2 aromatic rings. The Bertz CT molecular complexity index is 713. The first-order chi connectivity index (χ1) is 10.4. The summed E-state index contributed by atoms with van der Waals surface area (Å²) < 4.78 is 5.04. The van der Waals surface area contributed by atoms with Gasteiger partial charge in [-0.25, -0.2) is 4.79 Å². The molecule has 0 fully saturated rings. The third-order valence-corrected chi connectivity index (χ3v) is 3.43. The molecule has 1 N–H and O–H groups in total. The summed E-state index contributed by atoms with van der Waals surface area (Å²) in [5, 5.41) is 9.58. The van der Waals surface area contributed by atoms with Crippen molar-refractivity contribution in [3.05, 3.63) is 58.6 Å². The number of carboxylic acid groups (broad SMARTS) is 1. The first-order valence-corrected chi connectivity index (χ1v) is 6.77. The van der Waals surface area contributed by atoms with Crippen LogP contribution in [0.4, 0.5) is 5.69 Å². The second-order valence-electron chi connectivity index (χ2n) is 4.56. The quantitative estimate of drug-likeness (QED) is 0.938. The lowest BCUT2D eigenvalue weighted by Gasteiger charge is -2.20. The minimum atomic E-state index is -1.12. The maximum Gasteiger partial charge on any atom is 0.337 e. The number of carbonyl (C=O) groups is 2. The van der Waals surface area contributed by atoms with E-state index in [0.717, 1.165) is 0 Å². The van der Waals surface area contributed by atoms with E-state index < -0.39 is 5.97 Å². The van der Waals surface area contributed by atoms with Crippen molar-refractivity contribution in [3.63, 3.8) is 0 Å². The van der Waals surface area contributed by atoms with Crippen molar-refractivity contribution in [2.24, 2.45) is 0 Å². The minimum Gasteiger partial charge on any atom is -0.497 e. The van der Waals surface area contributed by atoms with Crippen LogP contribution < -0.4 is 9.64 Å². The van der Waals surface area contributed by atoms with Crippen molar-refractivity contribution in [1.82, 2.24) is 0 Å². The average Bonchev–Trinajstić information content (AvgIpc) is 2.53. The molecule has 0 aliphatic rings. The van der Waals surface area contributed by atoms with Crippen LogP contribution >= 0.6 is 11.6 Å². The van der Waals surface area contributed by atoms with Crippen LogP contribution in [0.15, 0.2) is 42.5 Å². The fourth-order valence-electron chi connectivity index (χ4n) is 2.00.